The van der Waals surface area contributed by atoms with E-state index in [1.807, 2.05) is 0 Å². The van der Waals surface area contributed by atoms with Crippen LogP contribution in [0, 0.1) is 0 Å². The van der Waals surface area contributed by atoms with Gasteiger partial charge in [0.05, 0.1) is 26.4 Å². The fourth-order valence-corrected chi connectivity index (χ4v) is 4.21. The highest BCUT2D eigenvalue weighted by atomic mass is 16.3. The van der Waals surface area contributed by atoms with E-state index in [4.69, 9.17) is 0 Å². The van der Waals surface area contributed by atoms with Crippen LogP contribution in [0.2, 0.25) is 0 Å². The van der Waals surface area contributed by atoms with Crippen molar-refractivity contribution in [1.29, 1.82) is 0 Å². The third-order valence-corrected chi connectivity index (χ3v) is 6.31. The normalized spacial score (nSPS) is 15.8. The van der Waals surface area contributed by atoms with Crippen molar-refractivity contribution in [3.05, 3.63) is 69.8 Å². The van der Waals surface area contributed by atoms with Crippen molar-refractivity contribution in [2.75, 3.05) is 32.7 Å². The maximum Gasteiger partial charge on any atom is 0.176 e. The minimum Gasteiger partial charge on any atom is -0.392 e. The Morgan fingerprint density at radius 2 is 1.38 bits per heavy atom. The molecule has 0 radical (unpaired) electrons. The lowest BCUT2D eigenvalue weighted by molar-refractivity contribution is 0.0843. The first-order valence-corrected chi connectivity index (χ1v) is 11.3. The highest BCUT2D eigenvalue weighted by molar-refractivity contribution is 5.98. The molecule has 1 aliphatic rings. The second-order valence-corrected chi connectivity index (χ2v) is 9.67. The average molecular weight is 441 g/mol. The van der Waals surface area contributed by atoms with Crippen LogP contribution in [0.15, 0.2) is 36.4 Å². The number of piperazine rings is 1. The van der Waals surface area contributed by atoms with Crippen LogP contribution in [0.1, 0.15) is 58.9 Å². The molecule has 0 bridgehead atoms. The minimum atomic E-state index is -0.278. The zero-order valence-corrected chi connectivity index (χ0v) is 19.5. The molecular formula is C26H36N2O4. The highest BCUT2D eigenvalue weighted by Gasteiger charge is 2.21. The second-order valence-electron chi connectivity index (χ2n) is 9.67. The van der Waals surface area contributed by atoms with Gasteiger partial charge in [0.25, 0.3) is 0 Å². The molecule has 6 nitrogen and oxygen atoms in total. The molecule has 0 amide bonds. The lowest BCUT2D eigenvalue weighted by atomic mass is 9.87. The van der Waals surface area contributed by atoms with Gasteiger partial charge in [0.15, 0.2) is 5.78 Å². The van der Waals surface area contributed by atoms with E-state index in [-0.39, 0.29) is 31.0 Å². The summed E-state index contributed by atoms with van der Waals surface area (Å²) >= 11 is 0. The molecule has 0 spiro atoms. The van der Waals surface area contributed by atoms with E-state index < -0.39 is 0 Å². The van der Waals surface area contributed by atoms with Crippen molar-refractivity contribution in [2.24, 2.45) is 0 Å². The first-order chi connectivity index (χ1) is 15.2. The van der Waals surface area contributed by atoms with Crippen molar-refractivity contribution in [2.45, 2.75) is 52.6 Å². The summed E-state index contributed by atoms with van der Waals surface area (Å²) in [5.41, 5.74) is 4.75. The Kier molecular flexibility index (Phi) is 8.20. The van der Waals surface area contributed by atoms with Crippen molar-refractivity contribution in [3.8, 4) is 0 Å². The largest absolute Gasteiger partial charge is 0.392 e. The van der Waals surface area contributed by atoms with Crippen molar-refractivity contribution in [3.63, 3.8) is 0 Å². The topological polar surface area (TPSA) is 84.2 Å². The Hall–Kier alpha value is -2.09. The molecule has 3 N–H and O–H groups in total. The van der Waals surface area contributed by atoms with Crippen LogP contribution in [0.4, 0.5) is 0 Å². The van der Waals surface area contributed by atoms with Crippen molar-refractivity contribution in [1.82, 2.24) is 9.80 Å². The number of nitrogens with zero attached hydrogens (tertiary/aromatic N) is 2. The molecule has 1 heterocycles. The molecular weight excluding hydrogens is 404 g/mol. The van der Waals surface area contributed by atoms with Gasteiger partial charge in [-0.3, -0.25) is 14.6 Å². The van der Waals surface area contributed by atoms with Crippen LogP contribution < -0.4 is 0 Å². The SMILES string of the molecule is CC(C)(C)c1ccc(CN2CCN(CC(=O)c3cc(CO)c(CO)c(CO)c3)CC2)cc1. The average Bonchev–Trinajstić information content (AvgIpc) is 2.79. The molecule has 1 fully saturated rings. The van der Waals surface area contributed by atoms with E-state index >= 15 is 0 Å². The summed E-state index contributed by atoms with van der Waals surface area (Å²) in [5.74, 6) is -0.0369. The Balaban J connectivity index is 1.55. The van der Waals surface area contributed by atoms with Crippen LogP contribution in [0.3, 0.4) is 0 Å². The van der Waals surface area contributed by atoms with Gasteiger partial charge in [-0.05, 0) is 45.4 Å². The molecule has 0 atom stereocenters. The predicted molar refractivity (Wildman–Crippen MR) is 125 cm³/mol. The summed E-state index contributed by atoms with van der Waals surface area (Å²) in [4.78, 5) is 17.4. The van der Waals surface area contributed by atoms with Crippen LogP contribution in [0.5, 0.6) is 0 Å². The number of hydrogen-bond acceptors (Lipinski definition) is 6. The fraction of sp³-hybridized carbons (Fsp3) is 0.500. The molecule has 2 aromatic rings. The smallest absolute Gasteiger partial charge is 0.176 e. The van der Waals surface area contributed by atoms with Crippen molar-refractivity contribution >= 4 is 5.78 Å². The minimum absolute atomic E-state index is 0.0369. The molecule has 6 heteroatoms. The third kappa shape index (κ3) is 6.03. The number of aliphatic hydroxyl groups is 3. The fourth-order valence-electron chi connectivity index (χ4n) is 4.21. The number of Topliss-reactive ketones (excluding diaryl/α,β-unsaturated/α-hetero) is 1. The van der Waals surface area contributed by atoms with Gasteiger partial charge < -0.3 is 15.3 Å². The third-order valence-electron chi connectivity index (χ3n) is 6.31. The number of ketones is 1. The quantitative estimate of drug-likeness (QED) is 0.547. The van der Waals surface area contributed by atoms with Crippen LogP contribution >= 0.6 is 0 Å². The molecule has 32 heavy (non-hydrogen) atoms. The number of hydrogen-bond donors (Lipinski definition) is 3. The maximum atomic E-state index is 12.9. The van der Waals surface area contributed by atoms with Gasteiger partial charge in [-0.15, -0.1) is 0 Å². The first-order valence-electron chi connectivity index (χ1n) is 11.3. The van der Waals surface area contributed by atoms with Gasteiger partial charge in [0.2, 0.25) is 0 Å². The molecule has 3 rings (SSSR count). The van der Waals surface area contributed by atoms with E-state index in [2.05, 4.69) is 54.8 Å². The molecule has 0 aliphatic carbocycles. The van der Waals surface area contributed by atoms with Gasteiger partial charge >= 0.3 is 0 Å². The number of aliphatic hydroxyl groups excluding tert-OH is 3. The van der Waals surface area contributed by atoms with E-state index in [1.165, 1.54) is 11.1 Å². The molecule has 0 unspecified atom stereocenters. The summed E-state index contributed by atoms with van der Waals surface area (Å²) < 4.78 is 0. The van der Waals surface area contributed by atoms with Gasteiger partial charge in [-0.1, -0.05) is 45.0 Å². The maximum absolute atomic E-state index is 12.9. The molecule has 2 aromatic carbocycles. The molecule has 1 aliphatic heterocycles. The van der Waals surface area contributed by atoms with Gasteiger partial charge in [0.1, 0.15) is 0 Å². The number of carbonyl (C=O) groups excluding carboxylic acids is 1. The van der Waals surface area contributed by atoms with Gasteiger partial charge in [0, 0.05) is 38.3 Å². The summed E-state index contributed by atoms with van der Waals surface area (Å²) in [6.07, 6.45) is 0. The number of benzene rings is 2. The lowest BCUT2D eigenvalue weighted by Gasteiger charge is -2.34. The Morgan fingerprint density at radius 3 is 1.84 bits per heavy atom. The van der Waals surface area contributed by atoms with E-state index in [0.29, 0.717) is 28.8 Å². The van der Waals surface area contributed by atoms with E-state index in [1.54, 1.807) is 12.1 Å². The highest BCUT2D eigenvalue weighted by Crippen LogP contribution is 2.23. The van der Waals surface area contributed by atoms with Gasteiger partial charge in [-0.2, -0.15) is 0 Å². The van der Waals surface area contributed by atoms with Crippen LogP contribution in [-0.2, 0) is 31.8 Å². The lowest BCUT2D eigenvalue weighted by Crippen LogP contribution is -2.47. The van der Waals surface area contributed by atoms with Gasteiger partial charge in [-0.25, -0.2) is 0 Å². The molecule has 174 valence electrons. The monoisotopic (exact) mass is 440 g/mol. The Bertz CT molecular complexity index is 885. The number of carbonyl (C=O) groups is 1. The Labute approximate surface area is 191 Å². The first kappa shape index (κ1) is 24.6. The second kappa shape index (κ2) is 10.7. The molecule has 1 saturated heterocycles. The summed E-state index contributed by atoms with van der Waals surface area (Å²) in [7, 11) is 0. The zero-order valence-electron chi connectivity index (χ0n) is 19.5. The number of rotatable bonds is 8. The molecule has 0 aromatic heterocycles. The van der Waals surface area contributed by atoms with E-state index in [0.717, 1.165) is 32.7 Å². The zero-order chi connectivity index (χ0) is 23.3. The summed E-state index contributed by atoms with van der Waals surface area (Å²) in [6.45, 7) is 10.5. The van der Waals surface area contributed by atoms with Crippen LogP contribution in [-0.4, -0.2) is 63.6 Å². The van der Waals surface area contributed by atoms with E-state index in [9.17, 15) is 20.1 Å². The van der Waals surface area contributed by atoms with Crippen molar-refractivity contribution < 1.29 is 20.1 Å². The predicted octanol–water partition coefficient (Wildman–Crippen LogP) is 2.46. The summed E-state index contributed by atoms with van der Waals surface area (Å²) in [6, 6.07) is 12.1. The Morgan fingerprint density at radius 1 is 0.844 bits per heavy atom. The molecule has 0 saturated carbocycles. The summed E-state index contributed by atoms with van der Waals surface area (Å²) in [5, 5.41) is 28.7. The van der Waals surface area contributed by atoms with Crippen LogP contribution in [0.25, 0.3) is 0 Å². The standard InChI is InChI=1S/C26H36N2O4/c1-26(2,3)23-6-4-19(5-7-23)14-27-8-10-28(11-9-27)15-25(32)20-12-21(16-29)24(18-31)22(13-20)17-30/h4-7,12-13,29-31H,8-11,14-18H2,1-3H3.